The molecule has 0 spiro atoms. The first kappa shape index (κ1) is 14.3. The van der Waals surface area contributed by atoms with Crippen molar-refractivity contribution in [2.24, 2.45) is 0 Å². The van der Waals surface area contributed by atoms with Crippen molar-refractivity contribution in [2.45, 2.75) is 13.1 Å². The third kappa shape index (κ3) is 3.93. The first-order valence-electron chi connectivity index (χ1n) is 5.68. The number of phenolic OH excluding ortho intramolecular Hbond substituents is 1. The fourth-order valence-corrected chi connectivity index (χ4v) is 2.31. The van der Waals surface area contributed by atoms with Crippen LogP contribution in [-0.2, 0) is 13.1 Å². The van der Waals surface area contributed by atoms with E-state index in [-0.39, 0.29) is 11.6 Å². The Labute approximate surface area is 124 Å². The molecule has 0 heterocycles. The summed E-state index contributed by atoms with van der Waals surface area (Å²) in [5, 5.41) is 13.3. The van der Waals surface area contributed by atoms with Gasteiger partial charge < -0.3 is 10.4 Å². The van der Waals surface area contributed by atoms with Gasteiger partial charge in [0.2, 0.25) is 0 Å². The summed E-state index contributed by atoms with van der Waals surface area (Å²) in [7, 11) is 0. The lowest BCUT2D eigenvalue weighted by molar-refractivity contribution is 0.464. The van der Waals surface area contributed by atoms with E-state index in [1.54, 1.807) is 30.3 Å². The standard InChI is InChI=1S/C14H12BrClFNO/c15-11-1-3-13(17)9(5-11)7-18-8-10-6-12(16)2-4-14(10)19/h1-6,18-19H,7-8H2. The fraction of sp³-hybridized carbons (Fsp3) is 0.143. The minimum absolute atomic E-state index is 0.173. The molecule has 0 unspecified atom stereocenters. The second kappa shape index (κ2) is 6.37. The van der Waals surface area contributed by atoms with Gasteiger partial charge in [-0.25, -0.2) is 4.39 Å². The summed E-state index contributed by atoms with van der Waals surface area (Å²) in [5.41, 5.74) is 1.25. The molecule has 2 aromatic rings. The monoisotopic (exact) mass is 343 g/mol. The van der Waals surface area contributed by atoms with Crippen molar-refractivity contribution in [3.8, 4) is 5.75 Å². The number of nitrogens with one attached hydrogen (secondary N) is 1. The average Bonchev–Trinajstić information content (AvgIpc) is 2.38. The number of halogens is 3. The zero-order chi connectivity index (χ0) is 13.8. The van der Waals surface area contributed by atoms with Gasteiger partial charge in [0.15, 0.2) is 0 Å². The molecule has 19 heavy (non-hydrogen) atoms. The smallest absolute Gasteiger partial charge is 0.127 e. The zero-order valence-electron chi connectivity index (χ0n) is 9.96. The first-order chi connectivity index (χ1) is 9.06. The third-order valence-corrected chi connectivity index (χ3v) is 3.41. The molecule has 2 nitrogen and oxygen atoms in total. The molecule has 2 aromatic carbocycles. The van der Waals surface area contributed by atoms with Crippen LogP contribution in [0.3, 0.4) is 0 Å². The Morgan fingerprint density at radius 1 is 1.11 bits per heavy atom. The van der Waals surface area contributed by atoms with Crippen LogP contribution in [0.4, 0.5) is 4.39 Å². The Balaban J connectivity index is 2.00. The van der Waals surface area contributed by atoms with Gasteiger partial charge in [0.1, 0.15) is 11.6 Å². The number of rotatable bonds is 4. The van der Waals surface area contributed by atoms with Gasteiger partial charge in [0, 0.05) is 33.7 Å². The third-order valence-electron chi connectivity index (χ3n) is 2.68. The van der Waals surface area contributed by atoms with Crippen molar-refractivity contribution in [1.82, 2.24) is 5.32 Å². The van der Waals surface area contributed by atoms with Crippen molar-refractivity contribution < 1.29 is 9.50 Å². The first-order valence-corrected chi connectivity index (χ1v) is 6.85. The summed E-state index contributed by atoms with van der Waals surface area (Å²) in [5.74, 6) is -0.0855. The van der Waals surface area contributed by atoms with Crippen molar-refractivity contribution in [2.75, 3.05) is 0 Å². The van der Waals surface area contributed by atoms with Crippen molar-refractivity contribution in [3.63, 3.8) is 0 Å². The lowest BCUT2D eigenvalue weighted by atomic mass is 10.2. The quantitative estimate of drug-likeness (QED) is 0.869. The second-order valence-corrected chi connectivity index (χ2v) is 5.46. The molecule has 0 amide bonds. The van der Waals surface area contributed by atoms with Crippen LogP contribution in [0, 0.1) is 5.82 Å². The lowest BCUT2D eigenvalue weighted by Gasteiger charge is -2.08. The van der Waals surface area contributed by atoms with Crippen molar-refractivity contribution >= 4 is 27.5 Å². The highest BCUT2D eigenvalue weighted by Crippen LogP contribution is 2.21. The molecule has 0 bridgehead atoms. The van der Waals surface area contributed by atoms with E-state index in [4.69, 9.17) is 11.6 Å². The molecule has 0 saturated carbocycles. The van der Waals surface area contributed by atoms with E-state index < -0.39 is 0 Å². The molecule has 0 radical (unpaired) electrons. The Hall–Kier alpha value is -1.10. The molecule has 2 N–H and O–H groups in total. The summed E-state index contributed by atoms with van der Waals surface area (Å²) in [4.78, 5) is 0. The molecule has 0 aliphatic heterocycles. The highest BCUT2D eigenvalue weighted by molar-refractivity contribution is 9.10. The molecule has 2 rings (SSSR count). The molecule has 100 valence electrons. The van der Waals surface area contributed by atoms with E-state index in [0.29, 0.717) is 29.2 Å². The van der Waals surface area contributed by atoms with Gasteiger partial charge in [-0.2, -0.15) is 0 Å². The van der Waals surface area contributed by atoms with Crippen molar-refractivity contribution in [3.05, 3.63) is 62.8 Å². The molecule has 0 aromatic heterocycles. The summed E-state index contributed by atoms with van der Waals surface area (Å²) < 4.78 is 14.3. The van der Waals surface area contributed by atoms with Gasteiger partial charge in [0.05, 0.1) is 0 Å². The topological polar surface area (TPSA) is 32.3 Å². The largest absolute Gasteiger partial charge is 0.508 e. The van der Waals surface area contributed by atoms with Crippen LogP contribution >= 0.6 is 27.5 Å². The van der Waals surface area contributed by atoms with E-state index >= 15 is 0 Å². The molecule has 0 aliphatic rings. The van der Waals surface area contributed by atoms with Crippen LogP contribution < -0.4 is 5.32 Å². The Bertz CT molecular complexity index is 540. The Kier molecular flexibility index (Phi) is 4.80. The minimum atomic E-state index is -0.258. The van der Waals surface area contributed by atoms with Gasteiger partial charge in [-0.15, -0.1) is 0 Å². The molecular weight excluding hydrogens is 333 g/mol. The van der Waals surface area contributed by atoms with Crippen LogP contribution in [0.1, 0.15) is 11.1 Å². The number of aromatic hydroxyl groups is 1. The van der Waals surface area contributed by atoms with Crippen LogP contribution in [0.25, 0.3) is 0 Å². The molecular formula is C14H12BrClFNO. The summed E-state index contributed by atoms with van der Waals surface area (Å²) >= 11 is 9.16. The van der Waals surface area contributed by atoms with Gasteiger partial charge in [-0.1, -0.05) is 27.5 Å². The number of phenols is 1. The van der Waals surface area contributed by atoms with Crippen LogP contribution in [0.2, 0.25) is 5.02 Å². The predicted molar refractivity (Wildman–Crippen MR) is 77.8 cm³/mol. The van der Waals surface area contributed by atoms with Crippen LogP contribution in [-0.4, -0.2) is 5.11 Å². The van der Waals surface area contributed by atoms with Gasteiger partial charge >= 0.3 is 0 Å². The lowest BCUT2D eigenvalue weighted by Crippen LogP contribution is -2.13. The van der Waals surface area contributed by atoms with Gasteiger partial charge in [0.25, 0.3) is 0 Å². The number of benzene rings is 2. The zero-order valence-corrected chi connectivity index (χ0v) is 12.3. The Morgan fingerprint density at radius 3 is 2.63 bits per heavy atom. The summed E-state index contributed by atoms with van der Waals surface area (Å²) in [6, 6.07) is 9.63. The predicted octanol–water partition coefficient (Wildman–Crippen LogP) is 4.24. The molecule has 0 saturated heterocycles. The SMILES string of the molecule is Oc1ccc(Cl)cc1CNCc1cc(Br)ccc1F. The number of hydrogen-bond acceptors (Lipinski definition) is 2. The molecule has 0 atom stereocenters. The van der Waals surface area contributed by atoms with Crippen molar-refractivity contribution in [1.29, 1.82) is 0 Å². The molecule has 5 heteroatoms. The van der Waals surface area contributed by atoms with Gasteiger partial charge in [-0.05, 0) is 36.4 Å². The highest BCUT2D eigenvalue weighted by Gasteiger charge is 2.05. The summed E-state index contributed by atoms with van der Waals surface area (Å²) in [6.07, 6.45) is 0. The van der Waals surface area contributed by atoms with E-state index in [1.165, 1.54) is 6.07 Å². The molecule has 0 aliphatic carbocycles. The Morgan fingerprint density at radius 2 is 1.84 bits per heavy atom. The maximum atomic E-state index is 13.5. The summed E-state index contributed by atoms with van der Waals surface area (Å²) in [6.45, 7) is 0.787. The van der Waals surface area contributed by atoms with E-state index in [0.717, 1.165) is 4.47 Å². The second-order valence-electron chi connectivity index (χ2n) is 4.11. The highest BCUT2D eigenvalue weighted by atomic mass is 79.9. The maximum absolute atomic E-state index is 13.5. The normalized spacial score (nSPS) is 10.7. The fourth-order valence-electron chi connectivity index (χ4n) is 1.71. The average molecular weight is 345 g/mol. The van der Waals surface area contributed by atoms with Crippen LogP contribution in [0.5, 0.6) is 5.75 Å². The van der Waals surface area contributed by atoms with E-state index in [1.807, 2.05) is 0 Å². The minimum Gasteiger partial charge on any atom is -0.508 e. The number of hydrogen-bond donors (Lipinski definition) is 2. The van der Waals surface area contributed by atoms with Gasteiger partial charge in [-0.3, -0.25) is 0 Å². The molecule has 0 fully saturated rings. The van der Waals surface area contributed by atoms with E-state index in [9.17, 15) is 9.50 Å². The maximum Gasteiger partial charge on any atom is 0.127 e. The van der Waals surface area contributed by atoms with E-state index in [2.05, 4.69) is 21.2 Å². The van der Waals surface area contributed by atoms with Crippen LogP contribution in [0.15, 0.2) is 40.9 Å².